The first-order chi connectivity index (χ1) is 10.4. The summed E-state index contributed by atoms with van der Waals surface area (Å²) >= 11 is 0. The first-order valence-corrected chi connectivity index (χ1v) is 8.82. The Kier molecular flexibility index (Phi) is 4.92. The van der Waals surface area contributed by atoms with E-state index in [0.717, 1.165) is 5.56 Å². The number of sulfone groups is 1. The lowest BCUT2D eigenvalue weighted by Gasteiger charge is -2.17. The van der Waals surface area contributed by atoms with Gasteiger partial charge in [-0.3, -0.25) is 9.78 Å². The Morgan fingerprint density at radius 2 is 1.91 bits per heavy atom. The number of nitrogens with one attached hydrogen (secondary N) is 1. The van der Waals surface area contributed by atoms with Crippen molar-refractivity contribution in [1.29, 1.82) is 0 Å². The molecule has 0 saturated carbocycles. The predicted molar refractivity (Wildman–Crippen MR) is 84.3 cm³/mol. The van der Waals surface area contributed by atoms with E-state index in [1.807, 2.05) is 6.92 Å². The van der Waals surface area contributed by atoms with Crippen LogP contribution in [0.5, 0.6) is 0 Å². The molecule has 0 spiro atoms. The smallest absolute Gasteiger partial charge is 0.253 e. The van der Waals surface area contributed by atoms with Crippen LogP contribution < -0.4 is 5.32 Å². The van der Waals surface area contributed by atoms with Crippen molar-refractivity contribution < 1.29 is 13.2 Å². The standard InChI is InChI=1S/C16H18N2O3S/c1-3-15(18-16(19)13-5-4-10-17-11-13)12-6-8-14(9-7-12)22(2,20)21/h4-11,15H,3H2,1-2H3,(H,18,19). The zero-order valence-corrected chi connectivity index (χ0v) is 13.3. The highest BCUT2D eigenvalue weighted by molar-refractivity contribution is 7.90. The molecule has 0 saturated heterocycles. The van der Waals surface area contributed by atoms with Crippen LogP contribution in [-0.2, 0) is 9.84 Å². The Labute approximate surface area is 130 Å². The van der Waals surface area contributed by atoms with Gasteiger partial charge in [-0.2, -0.15) is 0 Å². The molecule has 116 valence electrons. The zero-order chi connectivity index (χ0) is 16.2. The largest absolute Gasteiger partial charge is 0.345 e. The van der Waals surface area contributed by atoms with E-state index in [9.17, 15) is 13.2 Å². The van der Waals surface area contributed by atoms with Gasteiger partial charge in [0.25, 0.3) is 5.91 Å². The maximum atomic E-state index is 12.2. The van der Waals surface area contributed by atoms with Gasteiger partial charge in [0.05, 0.1) is 16.5 Å². The molecule has 2 aromatic rings. The molecule has 1 unspecified atom stereocenters. The summed E-state index contributed by atoms with van der Waals surface area (Å²) in [6.07, 6.45) is 4.99. The van der Waals surface area contributed by atoms with Crippen LogP contribution in [-0.4, -0.2) is 25.6 Å². The Morgan fingerprint density at radius 1 is 1.23 bits per heavy atom. The van der Waals surface area contributed by atoms with Crippen LogP contribution in [0.25, 0.3) is 0 Å². The van der Waals surface area contributed by atoms with Crippen molar-refractivity contribution in [3.8, 4) is 0 Å². The molecular weight excluding hydrogens is 300 g/mol. The molecule has 1 heterocycles. The molecule has 1 aromatic carbocycles. The first kappa shape index (κ1) is 16.2. The molecule has 22 heavy (non-hydrogen) atoms. The molecule has 0 aliphatic heterocycles. The lowest BCUT2D eigenvalue weighted by Crippen LogP contribution is -2.28. The molecule has 0 aliphatic rings. The van der Waals surface area contributed by atoms with Gasteiger partial charge in [-0.15, -0.1) is 0 Å². The number of carbonyl (C=O) groups excluding carboxylic acids is 1. The molecule has 1 amide bonds. The maximum absolute atomic E-state index is 12.2. The van der Waals surface area contributed by atoms with Crippen molar-refractivity contribution in [3.63, 3.8) is 0 Å². The SMILES string of the molecule is CCC(NC(=O)c1cccnc1)c1ccc(S(C)(=O)=O)cc1. The molecule has 1 atom stereocenters. The van der Waals surface area contributed by atoms with E-state index in [1.54, 1.807) is 42.6 Å². The third-order valence-electron chi connectivity index (χ3n) is 3.35. The monoisotopic (exact) mass is 318 g/mol. The highest BCUT2D eigenvalue weighted by Crippen LogP contribution is 2.19. The van der Waals surface area contributed by atoms with Crippen molar-refractivity contribution in [2.75, 3.05) is 6.26 Å². The number of rotatable bonds is 5. The van der Waals surface area contributed by atoms with Crippen LogP contribution in [0, 0.1) is 0 Å². The summed E-state index contributed by atoms with van der Waals surface area (Å²) in [6, 6.07) is 9.80. The van der Waals surface area contributed by atoms with E-state index in [1.165, 1.54) is 12.5 Å². The first-order valence-electron chi connectivity index (χ1n) is 6.92. The summed E-state index contributed by atoms with van der Waals surface area (Å²) in [5, 5.41) is 2.93. The lowest BCUT2D eigenvalue weighted by atomic mass is 10.0. The molecule has 0 fully saturated rings. The second-order valence-electron chi connectivity index (χ2n) is 5.02. The minimum atomic E-state index is -3.21. The molecule has 0 aliphatic carbocycles. The average Bonchev–Trinajstić information content (AvgIpc) is 2.52. The molecule has 2 rings (SSSR count). The Bertz CT molecular complexity index is 741. The summed E-state index contributed by atoms with van der Waals surface area (Å²) in [5.41, 5.74) is 1.36. The quantitative estimate of drug-likeness (QED) is 0.918. The van der Waals surface area contributed by atoms with Crippen LogP contribution >= 0.6 is 0 Å². The second kappa shape index (κ2) is 6.70. The van der Waals surface area contributed by atoms with Gasteiger partial charge >= 0.3 is 0 Å². The fourth-order valence-electron chi connectivity index (χ4n) is 2.11. The lowest BCUT2D eigenvalue weighted by molar-refractivity contribution is 0.0935. The minimum Gasteiger partial charge on any atom is -0.345 e. The summed E-state index contributed by atoms with van der Waals surface area (Å²) in [7, 11) is -3.21. The van der Waals surface area contributed by atoms with Crippen LogP contribution in [0.15, 0.2) is 53.7 Å². The third-order valence-corrected chi connectivity index (χ3v) is 4.48. The molecule has 6 heteroatoms. The summed E-state index contributed by atoms with van der Waals surface area (Å²) in [4.78, 5) is 16.4. The number of hydrogen-bond acceptors (Lipinski definition) is 4. The highest BCUT2D eigenvalue weighted by atomic mass is 32.2. The number of hydrogen-bond donors (Lipinski definition) is 1. The van der Waals surface area contributed by atoms with E-state index in [0.29, 0.717) is 12.0 Å². The van der Waals surface area contributed by atoms with Crippen molar-refractivity contribution in [3.05, 3.63) is 59.9 Å². The second-order valence-corrected chi connectivity index (χ2v) is 7.03. The van der Waals surface area contributed by atoms with E-state index in [2.05, 4.69) is 10.3 Å². The molecule has 5 nitrogen and oxygen atoms in total. The van der Waals surface area contributed by atoms with Crippen LogP contribution in [0.4, 0.5) is 0 Å². The zero-order valence-electron chi connectivity index (χ0n) is 12.5. The molecule has 1 aromatic heterocycles. The predicted octanol–water partition coefficient (Wildman–Crippen LogP) is 2.37. The summed E-state index contributed by atoms with van der Waals surface area (Å²) in [5.74, 6) is -0.202. The van der Waals surface area contributed by atoms with E-state index < -0.39 is 9.84 Å². The van der Waals surface area contributed by atoms with Crippen molar-refractivity contribution >= 4 is 15.7 Å². The fraction of sp³-hybridized carbons (Fsp3) is 0.250. The normalized spacial score (nSPS) is 12.6. The van der Waals surface area contributed by atoms with Crippen LogP contribution in [0.2, 0.25) is 0 Å². The Hall–Kier alpha value is -2.21. The Morgan fingerprint density at radius 3 is 2.41 bits per heavy atom. The van der Waals surface area contributed by atoms with E-state index in [-0.39, 0.29) is 16.8 Å². The highest BCUT2D eigenvalue weighted by Gasteiger charge is 2.15. The topological polar surface area (TPSA) is 76.1 Å². The van der Waals surface area contributed by atoms with Gasteiger partial charge in [0, 0.05) is 18.6 Å². The average molecular weight is 318 g/mol. The molecule has 0 bridgehead atoms. The van der Waals surface area contributed by atoms with Gasteiger partial charge in [-0.25, -0.2) is 8.42 Å². The van der Waals surface area contributed by atoms with Gasteiger partial charge < -0.3 is 5.32 Å². The van der Waals surface area contributed by atoms with Crippen LogP contribution in [0.1, 0.15) is 35.3 Å². The molecular formula is C16H18N2O3S. The van der Waals surface area contributed by atoms with Crippen molar-refractivity contribution in [1.82, 2.24) is 10.3 Å². The van der Waals surface area contributed by atoms with Crippen molar-refractivity contribution in [2.24, 2.45) is 0 Å². The number of benzene rings is 1. The third kappa shape index (κ3) is 3.92. The van der Waals surface area contributed by atoms with Crippen molar-refractivity contribution in [2.45, 2.75) is 24.3 Å². The number of aromatic nitrogens is 1. The van der Waals surface area contributed by atoms with Gasteiger partial charge in [0.15, 0.2) is 9.84 Å². The van der Waals surface area contributed by atoms with Gasteiger partial charge in [0.2, 0.25) is 0 Å². The van der Waals surface area contributed by atoms with Crippen LogP contribution in [0.3, 0.4) is 0 Å². The maximum Gasteiger partial charge on any atom is 0.253 e. The number of amides is 1. The summed E-state index contributed by atoms with van der Waals surface area (Å²) < 4.78 is 22.9. The molecule has 0 radical (unpaired) electrons. The fourth-order valence-corrected chi connectivity index (χ4v) is 2.74. The van der Waals surface area contributed by atoms with Gasteiger partial charge in [-0.05, 0) is 36.2 Å². The summed E-state index contributed by atoms with van der Waals surface area (Å²) in [6.45, 7) is 1.96. The number of pyridine rings is 1. The Balaban J connectivity index is 2.17. The number of nitrogens with zero attached hydrogens (tertiary/aromatic N) is 1. The minimum absolute atomic E-state index is 0.179. The van der Waals surface area contributed by atoms with E-state index in [4.69, 9.17) is 0 Å². The van der Waals surface area contributed by atoms with Gasteiger partial charge in [-0.1, -0.05) is 19.1 Å². The van der Waals surface area contributed by atoms with E-state index >= 15 is 0 Å². The number of carbonyl (C=O) groups is 1. The van der Waals surface area contributed by atoms with Gasteiger partial charge in [0.1, 0.15) is 0 Å². The molecule has 1 N–H and O–H groups in total.